The van der Waals surface area contributed by atoms with E-state index < -0.39 is 5.41 Å². The number of fused-ring (bicyclic) bond motifs is 9. The van der Waals surface area contributed by atoms with Gasteiger partial charge in [0.15, 0.2) is 0 Å². The molecule has 0 spiro atoms. The quantitative estimate of drug-likeness (QED) is 0.152. The zero-order valence-corrected chi connectivity index (χ0v) is 34.3. The zero-order valence-electron chi connectivity index (χ0n) is 34.3. The van der Waals surface area contributed by atoms with Gasteiger partial charge < -0.3 is 4.90 Å². The minimum absolute atomic E-state index is 0.139. The van der Waals surface area contributed by atoms with E-state index in [1.165, 1.54) is 88.3 Å². The third-order valence-electron chi connectivity index (χ3n) is 13.7. The van der Waals surface area contributed by atoms with E-state index in [9.17, 15) is 0 Å². The van der Waals surface area contributed by atoms with Crippen molar-refractivity contribution in [2.75, 3.05) is 4.90 Å². The molecule has 1 nitrogen and oxygen atoms in total. The first-order valence-electron chi connectivity index (χ1n) is 21.4. The molecule has 0 saturated carbocycles. The van der Waals surface area contributed by atoms with Gasteiger partial charge in [0, 0.05) is 22.2 Å². The van der Waals surface area contributed by atoms with Gasteiger partial charge in [-0.1, -0.05) is 208 Å². The largest absolute Gasteiger partial charge is 0.310 e. The average molecular weight is 778 g/mol. The summed E-state index contributed by atoms with van der Waals surface area (Å²) in [6, 6.07) is 83.6. The lowest BCUT2D eigenvalue weighted by molar-refractivity contribution is 0.662. The van der Waals surface area contributed by atoms with Crippen molar-refractivity contribution in [3.63, 3.8) is 0 Å². The van der Waals surface area contributed by atoms with Crippen LogP contribution in [0.25, 0.3) is 54.9 Å². The van der Waals surface area contributed by atoms with Gasteiger partial charge in [0.2, 0.25) is 0 Å². The normalized spacial score (nSPS) is 14.0. The topological polar surface area (TPSA) is 3.24 Å². The summed E-state index contributed by atoms with van der Waals surface area (Å²) in [5.41, 5.74) is 18.3. The van der Waals surface area contributed by atoms with Gasteiger partial charge >= 0.3 is 0 Å². The van der Waals surface area contributed by atoms with Crippen molar-refractivity contribution in [3.8, 4) is 33.4 Å². The molecule has 0 saturated heterocycles. The fourth-order valence-electron chi connectivity index (χ4n) is 11.1. The first-order valence-corrected chi connectivity index (χ1v) is 21.4. The molecule has 0 fully saturated rings. The maximum absolute atomic E-state index is 2.52. The smallest absolute Gasteiger partial charge is 0.0714 e. The fraction of sp³-hybridized carbons (Fsp3) is 0.0667. The summed E-state index contributed by atoms with van der Waals surface area (Å²) in [6.07, 6.45) is 0. The number of anilines is 3. The van der Waals surface area contributed by atoms with Crippen LogP contribution in [-0.2, 0) is 10.8 Å². The molecule has 288 valence electrons. The molecule has 10 aromatic rings. The van der Waals surface area contributed by atoms with Crippen LogP contribution in [0.1, 0.15) is 47.2 Å². The highest BCUT2D eigenvalue weighted by atomic mass is 15.1. The van der Waals surface area contributed by atoms with E-state index in [1.54, 1.807) is 0 Å². The van der Waals surface area contributed by atoms with Crippen molar-refractivity contribution >= 4 is 38.6 Å². The van der Waals surface area contributed by atoms with E-state index >= 15 is 0 Å². The van der Waals surface area contributed by atoms with E-state index in [2.05, 4.69) is 243 Å². The highest BCUT2D eigenvalue weighted by molar-refractivity contribution is 6.14. The highest BCUT2D eigenvalue weighted by Crippen LogP contribution is 2.58. The van der Waals surface area contributed by atoms with Crippen LogP contribution in [0, 0.1) is 0 Å². The average Bonchev–Trinajstić information content (AvgIpc) is 3.75. The first-order chi connectivity index (χ1) is 30.0. The Labute approximate surface area is 357 Å². The lowest BCUT2D eigenvalue weighted by atomic mass is 9.67. The highest BCUT2D eigenvalue weighted by Gasteiger charge is 2.46. The number of hydrogen-bond donors (Lipinski definition) is 0. The second-order valence-corrected chi connectivity index (χ2v) is 17.2. The molecule has 0 amide bonds. The maximum atomic E-state index is 2.52. The Kier molecular flexibility index (Phi) is 7.86. The molecule has 10 aromatic carbocycles. The molecule has 0 unspecified atom stereocenters. The molecule has 1 heteroatoms. The van der Waals surface area contributed by atoms with Crippen LogP contribution in [0.4, 0.5) is 17.1 Å². The predicted octanol–water partition coefficient (Wildman–Crippen LogP) is 15.8. The Bertz CT molecular complexity index is 3300. The molecule has 0 aliphatic heterocycles. The Hall–Kier alpha value is -7.48. The third kappa shape index (κ3) is 5.14. The van der Waals surface area contributed by atoms with Crippen molar-refractivity contribution < 1.29 is 0 Å². The summed E-state index contributed by atoms with van der Waals surface area (Å²) >= 11 is 0. The molecule has 0 radical (unpaired) electrons. The van der Waals surface area contributed by atoms with E-state index in [0.717, 1.165) is 17.1 Å². The molecular formula is C60H43N. The molecule has 0 bridgehead atoms. The van der Waals surface area contributed by atoms with Crippen LogP contribution < -0.4 is 4.90 Å². The van der Waals surface area contributed by atoms with Crippen molar-refractivity contribution in [2.45, 2.75) is 24.7 Å². The van der Waals surface area contributed by atoms with Gasteiger partial charge in [-0.25, -0.2) is 0 Å². The van der Waals surface area contributed by atoms with Gasteiger partial charge in [-0.15, -0.1) is 0 Å². The number of hydrogen-bond acceptors (Lipinski definition) is 1. The van der Waals surface area contributed by atoms with Crippen molar-refractivity contribution in [3.05, 3.63) is 258 Å². The number of nitrogens with zero attached hydrogens (tertiary/aromatic N) is 1. The Morgan fingerprint density at radius 3 is 1.64 bits per heavy atom. The minimum atomic E-state index is -0.519. The maximum Gasteiger partial charge on any atom is 0.0714 e. The molecule has 12 rings (SSSR count). The summed E-state index contributed by atoms with van der Waals surface area (Å²) in [6.45, 7) is 4.76. The fourth-order valence-corrected chi connectivity index (χ4v) is 11.1. The van der Waals surface area contributed by atoms with Crippen LogP contribution in [0.2, 0.25) is 0 Å². The van der Waals surface area contributed by atoms with Gasteiger partial charge in [-0.3, -0.25) is 0 Å². The van der Waals surface area contributed by atoms with Gasteiger partial charge in [-0.2, -0.15) is 0 Å². The Balaban J connectivity index is 1.14. The van der Waals surface area contributed by atoms with Crippen molar-refractivity contribution in [2.24, 2.45) is 0 Å². The van der Waals surface area contributed by atoms with Crippen molar-refractivity contribution in [1.29, 1.82) is 0 Å². The molecule has 0 N–H and O–H groups in total. The van der Waals surface area contributed by atoms with Crippen LogP contribution >= 0.6 is 0 Å². The summed E-state index contributed by atoms with van der Waals surface area (Å²) in [7, 11) is 0. The summed E-state index contributed by atoms with van der Waals surface area (Å²) in [5, 5.41) is 4.93. The molecule has 61 heavy (non-hydrogen) atoms. The molecule has 0 atom stereocenters. The van der Waals surface area contributed by atoms with Gasteiger partial charge in [-0.05, 0) is 113 Å². The SMILES string of the molecule is CC1(C)c2ccccc2-c2cccc(-c3cccc(N(c4ccc5c(c4)C(c4ccccc4)(c4ccccc4)c4ccccc4-5)c4cc5ccccc5c5ccccc45)c3)c21. The van der Waals surface area contributed by atoms with Gasteiger partial charge in [0.05, 0.1) is 11.1 Å². The van der Waals surface area contributed by atoms with E-state index in [4.69, 9.17) is 0 Å². The number of rotatable bonds is 6. The lowest BCUT2D eigenvalue weighted by Gasteiger charge is -2.35. The molecule has 0 aromatic heterocycles. The standard InChI is InChI=1S/C60H43N/c1-59(2)54-33-15-13-29-50(54)53-32-18-31-47(58(53)59)40-20-17-25-44(37-40)61(57-38-41-19-9-10-26-46(41)48-27-11-12-30-52(48)57)45-35-36-51-49-28-14-16-34-55(49)60(56(51)39-45,42-21-5-3-6-22-42)43-23-7-4-8-24-43/h3-39H,1-2H3. The Morgan fingerprint density at radius 2 is 0.885 bits per heavy atom. The van der Waals surface area contributed by atoms with Gasteiger partial charge in [0.25, 0.3) is 0 Å². The molecular weight excluding hydrogens is 735 g/mol. The van der Waals surface area contributed by atoms with Crippen LogP contribution in [-0.4, -0.2) is 0 Å². The van der Waals surface area contributed by atoms with E-state index in [1.807, 2.05) is 0 Å². The Morgan fingerprint density at radius 1 is 0.344 bits per heavy atom. The van der Waals surface area contributed by atoms with Crippen LogP contribution in [0.15, 0.2) is 224 Å². The molecule has 2 aliphatic rings. The van der Waals surface area contributed by atoms with Crippen LogP contribution in [0.5, 0.6) is 0 Å². The monoisotopic (exact) mass is 777 g/mol. The predicted molar refractivity (Wildman–Crippen MR) is 256 cm³/mol. The summed E-state index contributed by atoms with van der Waals surface area (Å²) in [4.78, 5) is 2.52. The second-order valence-electron chi connectivity index (χ2n) is 17.2. The molecule has 2 aliphatic carbocycles. The molecule has 0 heterocycles. The van der Waals surface area contributed by atoms with Crippen LogP contribution in [0.3, 0.4) is 0 Å². The van der Waals surface area contributed by atoms with Crippen molar-refractivity contribution in [1.82, 2.24) is 0 Å². The minimum Gasteiger partial charge on any atom is -0.310 e. The van der Waals surface area contributed by atoms with E-state index in [0.29, 0.717) is 0 Å². The zero-order chi connectivity index (χ0) is 40.7. The third-order valence-corrected chi connectivity index (χ3v) is 13.7. The number of benzene rings is 10. The van der Waals surface area contributed by atoms with E-state index in [-0.39, 0.29) is 5.41 Å². The summed E-state index contributed by atoms with van der Waals surface area (Å²) in [5.74, 6) is 0. The summed E-state index contributed by atoms with van der Waals surface area (Å²) < 4.78 is 0. The first kappa shape index (κ1) is 35.5. The second kappa shape index (κ2) is 13.5. The van der Waals surface area contributed by atoms with Gasteiger partial charge in [0.1, 0.15) is 0 Å². The lowest BCUT2D eigenvalue weighted by Crippen LogP contribution is -2.28.